The first-order valence-corrected chi connectivity index (χ1v) is 7.38. The Morgan fingerprint density at radius 3 is 2.19 bits per heavy atom. The summed E-state index contributed by atoms with van der Waals surface area (Å²) in [5.41, 5.74) is -0.968. The molecule has 1 saturated heterocycles. The fourth-order valence-corrected chi connectivity index (χ4v) is 2.12. The van der Waals surface area contributed by atoms with E-state index in [4.69, 9.17) is 9.47 Å². The number of esters is 1. The van der Waals surface area contributed by atoms with Gasteiger partial charge in [0.05, 0.1) is 6.54 Å². The number of alkyl carbamates (subject to hydrolysis) is 1. The molecule has 1 amide bonds. The van der Waals surface area contributed by atoms with Crippen molar-refractivity contribution in [2.75, 3.05) is 19.6 Å². The van der Waals surface area contributed by atoms with Gasteiger partial charge in [0.2, 0.25) is 0 Å². The van der Waals surface area contributed by atoms with Crippen LogP contribution in [0.2, 0.25) is 0 Å². The lowest BCUT2D eigenvalue weighted by atomic mass is 10.2. The van der Waals surface area contributed by atoms with Crippen molar-refractivity contribution in [3.8, 4) is 0 Å². The second kappa shape index (κ2) is 6.64. The van der Waals surface area contributed by atoms with Crippen molar-refractivity contribution in [2.24, 2.45) is 0 Å². The first-order chi connectivity index (χ1) is 9.44. The van der Waals surface area contributed by atoms with Crippen LogP contribution in [0.5, 0.6) is 0 Å². The van der Waals surface area contributed by atoms with Crippen LogP contribution in [0.4, 0.5) is 4.79 Å². The molecule has 0 spiro atoms. The van der Waals surface area contributed by atoms with E-state index in [1.54, 1.807) is 0 Å². The molecule has 6 nitrogen and oxygen atoms in total. The Balaban J connectivity index is 2.33. The van der Waals surface area contributed by atoms with E-state index < -0.39 is 17.3 Å². The maximum atomic E-state index is 11.8. The van der Waals surface area contributed by atoms with Crippen LogP contribution in [-0.2, 0) is 14.3 Å². The first kappa shape index (κ1) is 17.8. The quantitative estimate of drug-likeness (QED) is 0.807. The lowest BCUT2D eigenvalue weighted by molar-refractivity contribution is -0.155. The van der Waals surface area contributed by atoms with Crippen molar-refractivity contribution in [2.45, 2.75) is 65.2 Å². The van der Waals surface area contributed by atoms with Gasteiger partial charge in [0.1, 0.15) is 11.2 Å². The molecule has 0 unspecified atom stereocenters. The zero-order valence-corrected chi connectivity index (χ0v) is 14.0. The zero-order valence-electron chi connectivity index (χ0n) is 14.0. The van der Waals surface area contributed by atoms with Crippen LogP contribution in [0, 0.1) is 0 Å². The van der Waals surface area contributed by atoms with E-state index in [0.717, 1.165) is 13.0 Å². The number of nitrogens with one attached hydrogen (secondary N) is 1. The summed E-state index contributed by atoms with van der Waals surface area (Å²) in [6, 6.07) is 0.0160. The van der Waals surface area contributed by atoms with Gasteiger partial charge in [-0.1, -0.05) is 0 Å². The number of carbonyl (C=O) groups excluding carboxylic acids is 2. The molecule has 0 bridgehead atoms. The molecule has 21 heavy (non-hydrogen) atoms. The van der Waals surface area contributed by atoms with Gasteiger partial charge in [-0.25, -0.2) is 4.79 Å². The fourth-order valence-electron chi connectivity index (χ4n) is 2.12. The Bertz CT molecular complexity index is 346. The molecule has 0 aliphatic carbocycles. The number of likely N-dealkylation sites (tertiary alicyclic amines) is 1. The van der Waals surface area contributed by atoms with Crippen LogP contribution in [-0.4, -0.2) is 53.8 Å². The standard InChI is InChI=1S/C15H28N2O4/c1-14(2,3)20-12(18)10-17-8-7-11(9-17)16-13(19)21-15(4,5)6/h11H,7-10H2,1-6H3,(H,16,19)/t11-/m0/s1. The predicted molar refractivity (Wildman–Crippen MR) is 80.1 cm³/mol. The summed E-state index contributed by atoms with van der Waals surface area (Å²) in [6.07, 6.45) is 0.397. The Hall–Kier alpha value is -1.30. The number of rotatable bonds is 3. The molecule has 0 saturated carbocycles. The SMILES string of the molecule is CC(C)(C)OC(=O)CN1CC[C@H](NC(=O)OC(C)(C)C)C1. The summed E-state index contributed by atoms with van der Waals surface area (Å²) in [5, 5.41) is 2.83. The van der Waals surface area contributed by atoms with Gasteiger partial charge in [0.25, 0.3) is 0 Å². The fraction of sp³-hybridized carbons (Fsp3) is 0.867. The molecule has 1 fully saturated rings. The van der Waals surface area contributed by atoms with Crippen LogP contribution < -0.4 is 5.32 Å². The van der Waals surface area contributed by atoms with Crippen molar-refractivity contribution < 1.29 is 19.1 Å². The van der Waals surface area contributed by atoms with Crippen LogP contribution in [0.3, 0.4) is 0 Å². The van der Waals surface area contributed by atoms with Gasteiger partial charge in [0, 0.05) is 19.1 Å². The topological polar surface area (TPSA) is 67.9 Å². The summed E-state index contributed by atoms with van der Waals surface area (Å²) < 4.78 is 10.5. The van der Waals surface area contributed by atoms with Crippen molar-refractivity contribution >= 4 is 12.1 Å². The molecule has 0 aromatic heterocycles. The molecule has 0 aromatic rings. The number of amides is 1. The van der Waals surface area contributed by atoms with Gasteiger partial charge in [-0.05, 0) is 48.0 Å². The molecule has 1 atom stereocenters. The van der Waals surface area contributed by atoms with E-state index in [0.29, 0.717) is 6.54 Å². The summed E-state index contributed by atoms with van der Waals surface area (Å²) in [4.78, 5) is 25.4. The van der Waals surface area contributed by atoms with Crippen LogP contribution in [0.25, 0.3) is 0 Å². The zero-order chi connectivity index (χ0) is 16.3. The molecular weight excluding hydrogens is 272 g/mol. The highest BCUT2D eigenvalue weighted by atomic mass is 16.6. The minimum Gasteiger partial charge on any atom is -0.459 e. The summed E-state index contributed by atoms with van der Waals surface area (Å²) in [6.45, 7) is 12.7. The minimum atomic E-state index is -0.501. The summed E-state index contributed by atoms with van der Waals surface area (Å²) >= 11 is 0. The van der Waals surface area contributed by atoms with Crippen molar-refractivity contribution in [1.29, 1.82) is 0 Å². The number of hydrogen-bond donors (Lipinski definition) is 1. The highest BCUT2D eigenvalue weighted by Crippen LogP contribution is 2.13. The van der Waals surface area contributed by atoms with Crippen LogP contribution in [0.1, 0.15) is 48.0 Å². The van der Waals surface area contributed by atoms with E-state index in [9.17, 15) is 9.59 Å². The van der Waals surface area contributed by atoms with E-state index in [1.807, 2.05) is 46.4 Å². The first-order valence-electron chi connectivity index (χ1n) is 7.38. The second-order valence-electron chi connectivity index (χ2n) is 7.45. The summed E-state index contributed by atoms with van der Waals surface area (Å²) in [5.74, 6) is -0.236. The maximum Gasteiger partial charge on any atom is 0.407 e. The molecule has 0 aromatic carbocycles. The number of nitrogens with zero attached hydrogens (tertiary/aromatic N) is 1. The minimum absolute atomic E-state index is 0.0160. The molecule has 1 heterocycles. The van der Waals surface area contributed by atoms with Crippen LogP contribution >= 0.6 is 0 Å². The molecule has 0 radical (unpaired) electrons. The van der Waals surface area contributed by atoms with E-state index >= 15 is 0 Å². The third-order valence-electron chi connectivity index (χ3n) is 2.77. The second-order valence-corrected chi connectivity index (χ2v) is 7.45. The maximum absolute atomic E-state index is 11.8. The van der Waals surface area contributed by atoms with Gasteiger partial charge in [-0.2, -0.15) is 0 Å². The van der Waals surface area contributed by atoms with Gasteiger partial charge in [0.15, 0.2) is 0 Å². The number of ether oxygens (including phenoxy) is 2. The highest BCUT2D eigenvalue weighted by molar-refractivity contribution is 5.72. The van der Waals surface area contributed by atoms with Gasteiger partial charge in [-0.3, -0.25) is 9.69 Å². The lowest BCUT2D eigenvalue weighted by Gasteiger charge is -2.23. The molecule has 122 valence electrons. The highest BCUT2D eigenvalue weighted by Gasteiger charge is 2.28. The molecule has 1 N–H and O–H groups in total. The summed E-state index contributed by atoms with van der Waals surface area (Å²) in [7, 11) is 0. The average Bonchev–Trinajstić information content (AvgIpc) is 2.58. The van der Waals surface area contributed by atoms with Crippen molar-refractivity contribution in [3.05, 3.63) is 0 Å². The lowest BCUT2D eigenvalue weighted by Crippen LogP contribution is -2.41. The van der Waals surface area contributed by atoms with Crippen molar-refractivity contribution in [1.82, 2.24) is 10.2 Å². The smallest absolute Gasteiger partial charge is 0.407 e. The van der Waals surface area contributed by atoms with Gasteiger partial charge < -0.3 is 14.8 Å². The number of carbonyl (C=O) groups is 2. The van der Waals surface area contributed by atoms with E-state index in [2.05, 4.69) is 5.32 Å². The molecule has 1 aliphatic rings. The Kier molecular flexibility index (Phi) is 5.61. The van der Waals surface area contributed by atoms with Gasteiger partial charge in [-0.15, -0.1) is 0 Å². The average molecular weight is 300 g/mol. The third kappa shape index (κ3) is 7.90. The van der Waals surface area contributed by atoms with Crippen molar-refractivity contribution in [3.63, 3.8) is 0 Å². The largest absolute Gasteiger partial charge is 0.459 e. The van der Waals surface area contributed by atoms with E-state index in [-0.39, 0.29) is 18.6 Å². The molecule has 6 heteroatoms. The van der Waals surface area contributed by atoms with Gasteiger partial charge >= 0.3 is 12.1 Å². The van der Waals surface area contributed by atoms with Crippen LogP contribution in [0.15, 0.2) is 0 Å². The Morgan fingerprint density at radius 2 is 1.67 bits per heavy atom. The Morgan fingerprint density at radius 1 is 1.10 bits per heavy atom. The monoisotopic (exact) mass is 300 g/mol. The van der Waals surface area contributed by atoms with E-state index in [1.165, 1.54) is 0 Å². The molecule has 1 rings (SSSR count). The third-order valence-corrected chi connectivity index (χ3v) is 2.77. The Labute approximate surface area is 127 Å². The molecular formula is C15H28N2O4. The normalized spacial score (nSPS) is 20.2. The molecule has 1 aliphatic heterocycles. The number of hydrogen-bond acceptors (Lipinski definition) is 5. The predicted octanol–water partition coefficient (Wildman–Crippen LogP) is 1.93.